The van der Waals surface area contributed by atoms with E-state index >= 15 is 0 Å². The number of ether oxygens (including phenoxy) is 2. The molecule has 4 rings (SSSR count). The van der Waals surface area contributed by atoms with Gasteiger partial charge in [0.1, 0.15) is 12.4 Å². The van der Waals surface area contributed by atoms with Crippen LogP contribution in [0.3, 0.4) is 0 Å². The number of likely N-dealkylation sites (N-methyl/N-ethyl adjacent to an activating group) is 1. The van der Waals surface area contributed by atoms with Crippen molar-refractivity contribution in [3.8, 4) is 5.75 Å². The van der Waals surface area contributed by atoms with E-state index in [0.717, 1.165) is 44.2 Å². The molecule has 0 aromatic heterocycles. The van der Waals surface area contributed by atoms with Crippen molar-refractivity contribution < 1.29 is 37.0 Å². The van der Waals surface area contributed by atoms with Crippen molar-refractivity contribution in [1.29, 1.82) is 0 Å². The first-order chi connectivity index (χ1) is 20.9. The number of alkyl halides is 3. The highest BCUT2D eigenvalue weighted by atomic mass is 19.4. The molecule has 2 aliphatic rings. The molecule has 3 atom stereocenters. The fourth-order valence-corrected chi connectivity index (χ4v) is 5.68. The average molecular weight is 619 g/mol. The highest BCUT2D eigenvalue weighted by Crippen LogP contribution is 2.31. The zero-order valence-corrected chi connectivity index (χ0v) is 25.6. The van der Waals surface area contributed by atoms with E-state index in [0.29, 0.717) is 11.4 Å². The zero-order chi connectivity index (χ0) is 32.0. The Kier molecular flexibility index (Phi) is 10.8. The number of nitrogens with zero attached hydrogens (tertiary/aromatic N) is 2. The second kappa shape index (κ2) is 14.3. The first kappa shape index (κ1) is 33.1. The Morgan fingerprint density at radius 1 is 0.955 bits per heavy atom. The lowest BCUT2D eigenvalue weighted by Crippen LogP contribution is -2.50. The third kappa shape index (κ3) is 8.22. The van der Waals surface area contributed by atoms with Crippen LogP contribution < -0.4 is 15.4 Å². The highest BCUT2D eigenvalue weighted by Gasteiger charge is 2.32. The Bertz CT molecular complexity index is 1310. The van der Waals surface area contributed by atoms with Crippen LogP contribution in [0.1, 0.15) is 61.9 Å². The number of halogens is 3. The van der Waals surface area contributed by atoms with Crippen LogP contribution in [0.15, 0.2) is 42.5 Å². The summed E-state index contributed by atoms with van der Waals surface area (Å²) in [7, 11) is 3.19. The predicted octanol–water partition coefficient (Wildman–Crippen LogP) is 6.26. The Hall–Kier alpha value is -3.80. The average Bonchev–Trinajstić information content (AvgIpc) is 3.00. The van der Waals surface area contributed by atoms with Crippen molar-refractivity contribution in [3.05, 3.63) is 53.6 Å². The molecule has 9 nitrogen and oxygen atoms in total. The van der Waals surface area contributed by atoms with E-state index in [2.05, 4.69) is 10.6 Å². The molecule has 0 unspecified atom stereocenters. The number of urea groups is 1. The van der Waals surface area contributed by atoms with Gasteiger partial charge >= 0.3 is 12.2 Å². The van der Waals surface area contributed by atoms with Crippen LogP contribution in [0.25, 0.3) is 0 Å². The molecular formula is C32H41F3N4O5. The van der Waals surface area contributed by atoms with E-state index in [1.165, 1.54) is 24.1 Å². The Labute approximate surface area is 256 Å². The summed E-state index contributed by atoms with van der Waals surface area (Å²) < 4.78 is 50.8. The minimum absolute atomic E-state index is 0.0303. The number of rotatable bonds is 4. The van der Waals surface area contributed by atoms with Crippen molar-refractivity contribution in [3.63, 3.8) is 0 Å². The number of hydrogen-bond acceptors (Lipinski definition) is 5. The van der Waals surface area contributed by atoms with Crippen molar-refractivity contribution >= 4 is 29.2 Å². The maximum Gasteiger partial charge on any atom is 0.416 e. The summed E-state index contributed by atoms with van der Waals surface area (Å²) in [5.74, 6) is -0.334. The largest absolute Gasteiger partial charge is 0.491 e. The molecule has 2 N–H and O–H groups in total. The molecule has 0 spiro atoms. The first-order valence-electron chi connectivity index (χ1n) is 15.0. The van der Waals surface area contributed by atoms with Crippen molar-refractivity contribution in [2.75, 3.05) is 44.5 Å². The number of methoxy groups -OCH3 is 1. The minimum atomic E-state index is -4.48. The van der Waals surface area contributed by atoms with E-state index in [-0.39, 0.29) is 54.6 Å². The molecule has 240 valence electrons. The minimum Gasteiger partial charge on any atom is -0.491 e. The lowest BCUT2D eigenvalue weighted by Gasteiger charge is -2.36. The standard InChI is InChI=1S/C32H41F3N4O5/c1-20-17-39(31(42)37-24-12-10-23(11-13-24)32(33,34)35)21(2)19-44-27-15-14-25(36-29(40)22-8-6-5-7-9-22)16-26(27)30(41)38(3)18-28(20)43-4/h10-16,20-22,28H,5-9,17-19H2,1-4H3,(H,36,40)(H,37,42)/t20-,21-,28-/m1/s1. The lowest BCUT2D eigenvalue weighted by molar-refractivity contribution is -0.137. The van der Waals surface area contributed by atoms with Gasteiger partial charge < -0.3 is 29.9 Å². The maximum absolute atomic E-state index is 13.6. The van der Waals surface area contributed by atoms with E-state index in [1.54, 1.807) is 37.1 Å². The number of nitrogens with one attached hydrogen (secondary N) is 2. The second-order valence-electron chi connectivity index (χ2n) is 11.8. The number of benzene rings is 2. The van der Waals surface area contributed by atoms with E-state index in [1.807, 2.05) is 6.92 Å². The van der Waals surface area contributed by atoms with Crippen LogP contribution >= 0.6 is 0 Å². The van der Waals surface area contributed by atoms with E-state index < -0.39 is 29.9 Å². The number of fused-ring (bicyclic) bond motifs is 1. The van der Waals surface area contributed by atoms with Crippen LogP contribution in [-0.2, 0) is 15.7 Å². The van der Waals surface area contributed by atoms with Gasteiger partial charge in [0.15, 0.2) is 0 Å². The summed E-state index contributed by atoms with van der Waals surface area (Å²) in [5, 5.41) is 5.66. The number of amides is 4. The van der Waals surface area contributed by atoms with Gasteiger partial charge in [-0.2, -0.15) is 13.2 Å². The molecule has 0 radical (unpaired) electrons. The van der Waals surface area contributed by atoms with E-state index in [9.17, 15) is 27.6 Å². The third-order valence-electron chi connectivity index (χ3n) is 8.41. The van der Waals surface area contributed by atoms with Gasteiger partial charge in [0.25, 0.3) is 5.91 Å². The predicted molar refractivity (Wildman–Crippen MR) is 161 cm³/mol. The number of anilines is 2. The van der Waals surface area contributed by atoms with Gasteiger partial charge in [-0.15, -0.1) is 0 Å². The molecule has 1 saturated carbocycles. The first-order valence-corrected chi connectivity index (χ1v) is 15.0. The Balaban J connectivity index is 1.57. The van der Waals surface area contributed by atoms with Gasteiger partial charge in [-0.1, -0.05) is 26.2 Å². The smallest absolute Gasteiger partial charge is 0.416 e. The molecule has 12 heteroatoms. The summed E-state index contributed by atoms with van der Waals surface area (Å²) in [6.07, 6.45) is -0.0448. The number of carbonyl (C=O) groups is 3. The van der Waals surface area contributed by atoms with Gasteiger partial charge in [-0.05, 0) is 62.2 Å². The van der Waals surface area contributed by atoms with Gasteiger partial charge in [0, 0.05) is 50.5 Å². The SMILES string of the molecule is CO[C@@H]1CN(C)C(=O)c2cc(NC(=O)C3CCCCC3)ccc2OC[C@@H](C)N(C(=O)Nc2ccc(C(F)(F)F)cc2)C[C@H]1C. The van der Waals surface area contributed by atoms with Crippen LogP contribution in [0.5, 0.6) is 5.75 Å². The van der Waals surface area contributed by atoms with Gasteiger partial charge in [-0.3, -0.25) is 9.59 Å². The summed E-state index contributed by atoms with van der Waals surface area (Å²) in [6, 6.07) is 8.20. The molecular weight excluding hydrogens is 577 g/mol. The molecule has 0 bridgehead atoms. The number of carbonyl (C=O) groups excluding carboxylic acids is 3. The summed E-state index contributed by atoms with van der Waals surface area (Å²) in [5.41, 5.74) is 0.176. The Morgan fingerprint density at radius 2 is 1.61 bits per heavy atom. The maximum atomic E-state index is 13.6. The Morgan fingerprint density at radius 3 is 2.25 bits per heavy atom. The summed E-state index contributed by atoms with van der Waals surface area (Å²) >= 11 is 0. The lowest BCUT2D eigenvalue weighted by atomic mass is 9.88. The second-order valence-corrected chi connectivity index (χ2v) is 11.8. The van der Waals surface area contributed by atoms with Crippen molar-refractivity contribution in [2.45, 2.75) is 64.3 Å². The van der Waals surface area contributed by atoms with Crippen LogP contribution in [0.4, 0.5) is 29.3 Å². The molecule has 1 fully saturated rings. The van der Waals surface area contributed by atoms with Crippen molar-refractivity contribution in [2.24, 2.45) is 11.8 Å². The molecule has 1 aliphatic heterocycles. The van der Waals surface area contributed by atoms with E-state index in [4.69, 9.17) is 9.47 Å². The molecule has 2 aromatic carbocycles. The van der Waals surface area contributed by atoms with Gasteiger partial charge in [-0.25, -0.2) is 4.79 Å². The molecule has 4 amide bonds. The summed E-state index contributed by atoms with van der Waals surface area (Å²) in [6.45, 7) is 4.17. The summed E-state index contributed by atoms with van der Waals surface area (Å²) in [4.78, 5) is 43.1. The molecule has 44 heavy (non-hydrogen) atoms. The molecule has 0 saturated heterocycles. The molecule has 2 aromatic rings. The molecule has 1 heterocycles. The monoisotopic (exact) mass is 618 g/mol. The van der Waals surface area contributed by atoms with Crippen LogP contribution in [0, 0.1) is 11.8 Å². The third-order valence-corrected chi connectivity index (χ3v) is 8.41. The number of hydrogen-bond donors (Lipinski definition) is 2. The zero-order valence-electron chi connectivity index (χ0n) is 25.6. The van der Waals surface area contributed by atoms with Crippen LogP contribution in [-0.4, -0.2) is 73.6 Å². The van der Waals surface area contributed by atoms with Crippen LogP contribution in [0.2, 0.25) is 0 Å². The van der Waals surface area contributed by atoms with Gasteiger partial charge in [0.2, 0.25) is 5.91 Å². The van der Waals surface area contributed by atoms with Crippen molar-refractivity contribution in [1.82, 2.24) is 9.80 Å². The fraction of sp³-hybridized carbons (Fsp3) is 0.531. The quantitative estimate of drug-likeness (QED) is 0.421. The fourth-order valence-electron chi connectivity index (χ4n) is 5.68. The normalized spacial score (nSPS) is 22.2. The molecule has 1 aliphatic carbocycles. The van der Waals surface area contributed by atoms with Gasteiger partial charge in [0.05, 0.1) is 23.3 Å². The highest BCUT2D eigenvalue weighted by molar-refractivity contribution is 6.00. The topological polar surface area (TPSA) is 100 Å².